The van der Waals surface area contributed by atoms with Crippen molar-refractivity contribution in [3.8, 4) is 11.3 Å². The number of carbonyl (C=O) groups is 1. The Bertz CT molecular complexity index is 1410. The molecule has 1 amide bonds. The van der Waals surface area contributed by atoms with Crippen molar-refractivity contribution >= 4 is 16.8 Å². The number of fused-ring (bicyclic) bond motifs is 1. The minimum atomic E-state index is -4.41. The molecule has 5 nitrogen and oxygen atoms in total. The quantitative estimate of drug-likeness (QED) is 0.364. The van der Waals surface area contributed by atoms with Gasteiger partial charge in [0.15, 0.2) is 0 Å². The van der Waals surface area contributed by atoms with Gasteiger partial charge in [0, 0.05) is 48.3 Å². The molecular weight excluding hydrogens is 453 g/mol. The van der Waals surface area contributed by atoms with E-state index in [1.165, 1.54) is 6.07 Å². The molecule has 3 heterocycles. The van der Waals surface area contributed by atoms with E-state index in [4.69, 9.17) is 4.98 Å². The highest BCUT2D eigenvalue weighted by molar-refractivity contribution is 5.98. The maximum atomic E-state index is 13.3. The minimum absolute atomic E-state index is 0.0160. The first-order chi connectivity index (χ1) is 16.7. The number of likely N-dealkylation sites (tertiary alicyclic amines) is 1. The number of rotatable bonds is 3. The second-order valence-corrected chi connectivity index (χ2v) is 9.06. The molecular formula is C27H25F3N4O. The van der Waals surface area contributed by atoms with Crippen molar-refractivity contribution < 1.29 is 18.0 Å². The first kappa shape index (κ1) is 23.1. The van der Waals surface area contributed by atoms with Gasteiger partial charge in [-0.3, -0.25) is 14.5 Å². The number of benzene rings is 2. The number of amides is 1. The number of nitrogens with zero attached hydrogens (tertiary/aromatic N) is 4. The lowest BCUT2D eigenvalue weighted by molar-refractivity contribution is -0.137. The summed E-state index contributed by atoms with van der Waals surface area (Å²) in [5, 5.41) is 5.39. The Balaban J connectivity index is 1.38. The molecule has 0 saturated carbocycles. The standard InChI is InChI=1S/C27H25F3N4O/c1-17-22-15-19(11-12-25(22)33(2)32-17)26(35)34-13-5-7-20(16-34)24-10-4-9-23(31-24)18-6-3-8-21(14-18)27(28,29)30/h3-4,6,8-12,14-15,20H,5,7,13,16H2,1-2H3/t20-/m0/s1. The van der Waals surface area contributed by atoms with E-state index in [0.29, 0.717) is 29.9 Å². The summed E-state index contributed by atoms with van der Waals surface area (Å²) in [7, 11) is 1.88. The molecule has 1 saturated heterocycles. The van der Waals surface area contributed by atoms with Gasteiger partial charge < -0.3 is 4.90 Å². The van der Waals surface area contributed by atoms with E-state index in [9.17, 15) is 18.0 Å². The number of alkyl halides is 3. The predicted octanol–water partition coefficient (Wildman–Crippen LogP) is 5.98. The predicted molar refractivity (Wildman–Crippen MR) is 128 cm³/mol. The second kappa shape index (κ2) is 8.83. The summed E-state index contributed by atoms with van der Waals surface area (Å²) in [5.41, 5.74) is 3.49. The summed E-state index contributed by atoms with van der Waals surface area (Å²) in [5.74, 6) is -0.0174. The van der Waals surface area contributed by atoms with Crippen LogP contribution in [0, 0.1) is 6.92 Å². The van der Waals surface area contributed by atoms with Crippen LogP contribution in [0.25, 0.3) is 22.2 Å². The number of hydrogen-bond donors (Lipinski definition) is 0. The fraction of sp³-hybridized carbons (Fsp3) is 0.296. The Morgan fingerprint density at radius 1 is 1.06 bits per heavy atom. The van der Waals surface area contributed by atoms with Gasteiger partial charge in [-0.1, -0.05) is 18.2 Å². The molecule has 2 aromatic heterocycles. The second-order valence-electron chi connectivity index (χ2n) is 9.06. The van der Waals surface area contributed by atoms with E-state index in [1.807, 2.05) is 49.2 Å². The Morgan fingerprint density at radius 3 is 2.66 bits per heavy atom. The van der Waals surface area contributed by atoms with E-state index in [0.717, 1.165) is 47.3 Å². The number of aryl methyl sites for hydroxylation is 2. The largest absolute Gasteiger partial charge is 0.416 e. The fourth-order valence-electron chi connectivity index (χ4n) is 4.85. The monoisotopic (exact) mass is 478 g/mol. The average molecular weight is 479 g/mol. The van der Waals surface area contributed by atoms with E-state index < -0.39 is 11.7 Å². The van der Waals surface area contributed by atoms with Crippen LogP contribution in [-0.2, 0) is 13.2 Å². The normalized spacial score (nSPS) is 16.6. The SMILES string of the molecule is Cc1nn(C)c2ccc(C(=O)N3CCC[C@H](c4cccc(-c5cccc(C(F)(F)F)c5)n4)C3)cc12. The third-order valence-electron chi connectivity index (χ3n) is 6.67. The Kier molecular flexibility index (Phi) is 5.83. The van der Waals surface area contributed by atoms with Gasteiger partial charge in [-0.05, 0) is 62.2 Å². The summed E-state index contributed by atoms with van der Waals surface area (Å²) in [4.78, 5) is 19.9. The van der Waals surface area contributed by atoms with Gasteiger partial charge in [0.25, 0.3) is 5.91 Å². The van der Waals surface area contributed by atoms with Crippen molar-refractivity contribution in [2.45, 2.75) is 31.9 Å². The Labute approximate surface area is 201 Å². The lowest BCUT2D eigenvalue weighted by atomic mass is 9.93. The maximum Gasteiger partial charge on any atom is 0.416 e. The van der Waals surface area contributed by atoms with Crippen LogP contribution in [0.4, 0.5) is 13.2 Å². The van der Waals surface area contributed by atoms with Crippen molar-refractivity contribution in [1.82, 2.24) is 19.7 Å². The Morgan fingerprint density at radius 2 is 1.86 bits per heavy atom. The highest BCUT2D eigenvalue weighted by Gasteiger charge is 2.31. The summed E-state index contributed by atoms with van der Waals surface area (Å²) in [6, 6.07) is 16.3. The molecule has 4 aromatic rings. The van der Waals surface area contributed by atoms with Crippen molar-refractivity contribution in [1.29, 1.82) is 0 Å². The van der Waals surface area contributed by atoms with Crippen LogP contribution in [-0.4, -0.2) is 38.7 Å². The summed E-state index contributed by atoms with van der Waals surface area (Å²) in [6.45, 7) is 3.10. The fourth-order valence-corrected chi connectivity index (χ4v) is 4.85. The van der Waals surface area contributed by atoms with Gasteiger partial charge in [-0.25, -0.2) is 0 Å². The topological polar surface area (TPSA) is 51.0 Å². The number of carbonyl (C=O) groups excluding carboxylic acids is 1. The molecule has 1 fully saturated rings. The van der Waals surface area contributed by atoms with Gasteiger partial charge >= 0.3 is 6.18 Å². The summed E-state index contributed by atoms with van der Waals surface area (Å²) in [6.07, 6.45) is -2.71. The summed E-state index contributed by atoms with van der Waals surface area (Å²) < 4.78 is 41.3. The third kappa shape index (κ3) is 4.52. The van der Waals surface area contributed by atoms with Gasteiger partial charge in [0.1, 0.15) is 0 Å². The van der Waals surface area contributed by atoms with Crippen LogP contribution >= 0.6 is 0 Å². The minimum Gasteiger partial charge on any atom is -0.338 e. The smallest absolute Gasteiger partial charge is 0.338 e. The summed E-state index contributed by atoms with van der Waals surface area (Å²) >= 11 is 0. The average Bonchev–Trinajstić information content (AvgIpc) is 3.16. The van der Waals surface area contributed by atoms with Crippen LogP contribution < -0.4 is 0 Å². The van der Waals surface area contributed by atoms with Crippen LogP contribution in [0.15, 0.2) is 60.7 Å². The van der Waals surface area contributed by atoms with E-state index in [1.54, 1.807) is 16.8 Å². The van der Waals surface area contributed by atoms with Gasteiger partial charge in [0.05, 0.1) is 22.5 Å². The van der Waals surface area contributed by atoms with E-state index in [2.05, 4.69) is 5.10 Å². The van der Waals surface area contributed by atoms with E-state index >= 15 is 0 Å². The maximum absolute atomic E-state index is 13.3. The molecule has 5 rings (SSSR count). The number of piperidine rings is 1. The van der Waals surface area contributed by atoms with Gasteiger partial charge in [-0.15, -0.1) is 0 Å². The van der Waals surface area contributed by atoms with Crippen LogP contribution in [0.1, 0.15) is 46.1 Å². The molecule has 2 aromatic carbocycles. The van der Waals surface area contributed by atoms with Crippen LogP contribution in [0.3, 0.4) is 0 Å². The lowest BCUT2D eigenvalue weighted by Crippen LogP contribution is -2.39. The van der Waals surface area contributed by atoms with Crippen LogP contribution in [0.5, 0.6) is 0 Å². The molecule has 1 aliphatic heterocycles. The number of halogens is 3. The molecule has 1 aliphatic rings. The lowest BCUT2D eigenvalue weighted by Gasteiger charge is -2.32. The zero-order valence-corrected chi connectivity index (χ0v) is 19.5. The first-order valence-corrected chi connectivity index (χ1v) is 11.6. The molecule has 0 bridgehead atoms. The molecule has 0 spiro atoms. The molecule has 180 valence electrons. The van der Waals surface area contributed by atoms with Crippen molar-refractivity contribution in [3.05, 3.63) is 83.2 Å². The molecule has 8 heteroatoms. The zero-order valence-electron chi connectivity index (χ0n) is 19.5. The van der Waals surface area contributed by atoms with Crippen molar-refractivity contribution in [3.63, 3.8) is 0 Å². The van der Waals surface area contributed by atoms with Crippen LogP contribution in [0.2, 0.25) is 0 Å². The highest BCUT2D eigenvalue weighted by Crippen LogP contribution is 2.33. The number of aromatic nitrogens is 3. The molecule has 0 N–H and O–H groups in total. The van der Waals surface area contributed by atoms with Gasteiger partial charge in [0.2, 0.25) is 0 Å². The number of hydrogen-bond acceptors (Lipinski definition) is 3. The first-order valence-electron chi connectivity index (χ1n) is 11.6. The van der Waals surface area contributed by atoms with Crippen molar-refractivity contribution in [2.24, 2.45) is 7.05 Å². The van der Waals surface area contributed by atoms with Gasteiger partial charge in [-0.2, -0.15) is 18.3 Å². The van der Waals surface area contributed by atoms with Crippen molar-refractivity contribution in [2.75, 3.05) is 13.1 Å². The number of pyridine rings is 1. The third-order valence-corrected chi connectivity index (χ3v) is 6.67. The van der Waals surface area contributed by atoms with E-state index in [-0.39, 0.29) is 11.8 Å². The molecule has 0 radical (unpaired) electrons. The highest BCUT2D eigenvalue weighted by atomic mass is 19.4. The molecule has 0 unspecified atom stereocenters. The zero-order chi connectivity index (χ0) is 24.7. The molecule has 0 aliphatic carbocycles. The Hall–Kier alpha value is -3.68. The molecule has 1 atom stereocenters. The molecule has 35 heavy (non-hydrogen) atoms.